The summed E-state index contributed by atoms with van der Waals surface area (Å²) in [5.74, 6) is -0.0577. The number of hydrogen-bond donors (Lipinski definition) is 0. The lowest BCUT2D eigenvalue weighted by Crippen LogP contribution is -2.45. The highest BCUT2D eigenvalue weighted by molar-refractivity contribution is 5.80. The van der Waals surface area contributed by atoms with E-state index in [-0.39, 0.29) is 17.9 Å². The van der Waals surface area contributed by atoms with Gasteiger partial charge in [-0.05, 0) is 38.0 Å². The molecule has 0 saturated heterocycles. The van der Waals surface area contributed by atoms with Crippen molar-refractivity contribution in [3.63, 3.8) is 0 Å². The fraction of sp³-hybridized carbons (Fsp3) is 0.875. The van der Waals surface area contributed by atoms with E-state index in [0.29, 0.717) is 12.3 Å². The molecule has 0 aliphatic heterocycles. The number of methoxy groups -OCH3 is 2. The Hall–Kier alpha value is -1.06. The lowest BCUT2D eigenvalue weighted by Gasteiger charge is -2.44. The summed E-state index contributed by atoms with van der Waals surface area (Å²) < 4.78 is 10.0. The molecule has 2 unspecified atom stereocenters. The quantitative estimate of drug-likeness (QED) is 0.746. The molecule has 0 bridgehead atoms. The molecule has 4 heteroatoms. The lowest BCUT2D eigenvalue weighted by molar-refractivity contribution is -0.165. The summed E-state index contributed by atoms with van der Waals surface area (Å²) >= 11 is 0. The highest BCUT2D eigenvalue weighted by Gasteiger charge is 2.50. The Morgan fingerprint density at radius 2 is 1.65 bits per heavy atom. The van der Waals surface area contributed by atoms with E-state index < -0.39 is 5.41 Å². The summed E-state index contributed by atoms with van der Waals surface area (Å²) in [6.45, 7) is 0. The first-order valence-corrected chi connectivity index (χ1v) is 7.80. The molecule has 2 fully saturated rings. The number of carbonyl (C=O) groups excluding carboxylic acids is 2. The van der Waals surface area contributed by atoms with Crippen molar-refractivity contribution < 1.29 is 19.1 Å². The summed E-state index contributed by atoms with van der Waals surface area (Å²) in [6, 6.07) is 0. The van der Waals surface area contributed by atoms with Crippen molar-refractivity contribution in [1.82, 2.24) is 0 Å². The Bertz CT molecular complexity index is 359. The Kier molecular flexibility index (Phi) is 5.06. The third kappa shape index (κ3) is 2.84. The van der Waals surface area contributed by atoms with Crippen molar-refractivity contribution in [2.24, 2.45) is 17.3 Å². The average Bonchev–Trinajstić information content (AvgIpc) is 2.54. The maximum atomic E-state index is 12.5. The Balaban J connectivity index is 2.21. The molecule has 2 saturated carbocycles. The van der Waals surface area contributed by atoms with Crippen LogP contribution in [0.25, 0.3) is 0 Å². The summed E-state index contributed by atoms with van der Waals surface area (Å²) in [5, 5.41) is 0. The zero-order chi connectivity index (χ0) is 14.6. The zero-order valence-electron chi connectivity index (χ0n) is 12.7. The molecule has 2 aliphatic carbocycles. The van der Waals surface area contributed by atoms with Crippen molar-refractivity contribution >= 4 is 11.9 Å². The largest absolute Gasteiger partial charge is 0.469 e. The van der Waals surface area contributed by atoms with E-state index in [2.05, 4.69) is 0 Å². The van der Waals surface area contributed by atoms with Gasteiger partial charge in [0.1, 0.15) is 0 Å². The van der Waals surface area contributed by atoms with Crippen molar-refractivity contribution in [3.8, 4) is 0 Å². The molecule has 0 amide bonds. The first-order chi connectivity index (χ1) is 9.64. The Morgan fingerprint density at radius 1 is 0.950 bits per heavy atom. The first-order valence-electron chi connectivity index (χ1n) is 7.80. The van der Waals surface area contributed by atoms with E-state index in [9.17, 15) is 9.59 Å². The fourth-order valence-corrected chi connectivity index (χ4v) is 4.26. The maximum Gasteiger partial charge on any atom is 0.312 e. The van der Waals surface area contributed by atoms with Gasteiger partial charge in [0.05, 0.1) is 25.6 Å². The molecule has 0 heterocycles. The summed E-state index contributed by atoms with van der Waals surface area (Å²) in [6.07, 6.45) is 9.01. The van der Waals surface area contributed by atoms with Crippen LogP contribution in [-0.4, -0.2) is 26.2 Å². The molecular weight excluding hydrogens is 256 g/mol. The van der Waals surface area contributed by atoms with Crippen LogP contribution < -0.4 is 0 Å². The highest BCUT2D eigenvalue weighted by atomic mass is 16.5. The molecule has 114 valence electrons. The predicted octanol–water partition coefficient (Wildman–Crippen LogP) is 3.09. The molecule has 0 aromatic carbocycles. The number of hydrogen-bond acceptors (Lipinski definition) is 4. The van der Waals surface area contributed by atoms with Gasteiger partial charge in [-0.25, -0.2) is 0 Å². The highest BCUT2D eigenvalue weighted by Crippen LogP contribution is 2.50. The minimum atomic E-state index is -0.452. The van der Waals surface area contributed by atoms with Crippen LogP contribution in [0.3, 0.4) is 0 Å². The fourth-order valence-electron chi connectivity index (χ4n) is 4.26. The molecule has 4 nitrogen and oxygen atoms in total. The molecule has 0 aromatic rings. The van der Waals surface area contributed by atoms with Gasteiger partial charge in [-0.3, -0.25) is 9.59 Å². The van der Waals surface area contributed by atoms with E-state index in [4.69, 9.17) is 9.47 Å². The van der Waals surface area contributed by atoms with Gasteiger partial charge in [-0.2, -0.15) is 0 Å². The summed E-state index contributed by atoms with van der Waals surface area (Å²) in [4.78, 5) is 24.3. The smallest absolute Gasteiger partial charge is 0.312 e. The topological polar surface area (TPSA) is 52.6 Å². The number of ether oxygens (including phenoxy) is 2. The van der Waals surface area contributed by atoms with Gasteiger partial charge in [0.25, 0.3) is 0 Å². The van der Waals surface area contributed by atoms with Gasteiger partial charge in [-0.15, -0.1) is 0 Å². The Morgan fingerprint density at radius 3 is 2.25 bits per heavy atom. The molecular formula is C16H26O4. The maximum absolute atomic E-state index is 12.5. The van der Waals surface area contributed by atoms with Crippen molar-refractivity contribution in [3.05, 3.63) is 0 Å². The monoisotopic (exact) mass is 282 g/mol. The molecule has 0 spiro atoms. The van der Waals surface area contributed by atoms with Crippen molar-refractivity contribution in [1.29, 1.82) is 0 Å². The SMILES string of the molecule is COC(=O)C1CCCC(C(=O)OC)(C2CCCCC2)C1. The molecule has 20 heavy (non-hydrogen) atoms. The third-order valence-corrected chi connectivity index (χ3v) is 5.30. The van der Waals surface area contributed by atoms with E-state index >= 15 is 0 Å². The van der Waals surface area contributed by atoms with Gasteiger partial charge in [-0.1, -0.05) is 25.7 Å². The second-order valence-corrected chi connectivity index (χ2v) is 6.30. The molecule has 0 aromatic heterocycles. The second kappa shape index (κ2) is 6.59. The average molecular weight is 282 g/mol. The summed E-state index contributed by atoms with van der Waals surface area (Å²) in [5.41, 5.74) is -0.452. The summed E-state index contributed by atoms with van der Waals surface area (Å²) in [7, 11) is 2.89. The molecule has 2 atom stereocenters. The van der Waals surface area contributed by atoms with Crippen LogP contribution in [0.4, 0.5) is 0 Å². The van der Waals surface area contributed by atoms with Crippen molar-refractivity contribution in [2.75, 3.05) is 14.2 Å². The standard InChI is InChI=1S/C16H26O4/c1-19-14(17)12-7-6-10-16(11-12,15(18)20-2)13-8-4-3-5-9-13/h12-13H,3-11H2,1-2H3. The van der Waals surface area contributed by atoms with E-state index in [1.165, 1.54) is 33.5 Å². The number of carbonyl (C=O) groups is 2. The van der Waals surface area contributed by atoms with Gasteiger partial charge < -0.3 is 9.47 Å². The van der Waals surface area contributed by atoms with Crippen molar-refractivity contribution in [2.45, 2.75) is 57.8 Å². The van der Waals surface area contributed by atoms with Gasteiger partial charge >= 0.3 is 11.9 Å². The van der Waals surface area contributed by atoms with Gasteiger partial charge in [0.2, 0.25) is 0 Å². The molecule has 2 rings (SSSR count). The van der Waals surface area contributed by atoms with Crippen LogP contribution in [0.15, 0.2) is 0 Å². The van der Waals surface area contributed by atoms with Gasteiger partial charge in [0, 0.05) is 0 Å². The minimum absolute atomic E-state index is 0.113. The normalized spacial score (nSPS) is 31.6. The Labute approximate surface area is 121 Å². The predicted molar refractivity (Wildman–Crippen MR) is 75.0 cm³/mol. The third-order valence-electron chi connectivity index (χ3n) is 5.30. The molecule has 0 radical (unpaired) electrons. The number of esters is 2. The number of rotatable bonds is 3. The van der Waals surface area contributed by atoms with Crippen LogP contribution in [0, 0.1) is 17.3 Å². The minimum Gasteiger partial charge on any atom is -0.469 e. The van der Waals surface area contributed by atoms with E-state index in [0.717, 1.165) is 32.1 Å². The van der Waals surface area contributed by atoms with E-state index in [1.54, 1.807) is 0 Å². The zero-order valence-corrected chi connectivity index (χ0v) is 12.7. The van der Waals surface area contributed by atoms with Crippen LogP contribution in [0.2, 0.25) is 0 Å². The van der Waals surface area contributed by atoms with Crippen LogP contribution in [-0.2, 0) is 19.1 Å². The lowest BCUT2D eigenvalue weighted by atomic mass is 9.59. The van der Waals surface area contributed by atoms with Crippen LogP contribution in [0.5, 0.6) is 0 Å². The second-order valence-electron chi connectivity index (χ2n) is 6.30. The van der Waals surface area contributed by atoms with E-state index in [1.807, 2.05) is 0 Å². The van der Waals surface area contributed by atoms with Crippen LogP contribution >= 0.6 is 0 Å². The van der Waals surface area contributed by atoms with Crippen LogP contribution in [0.1, 0.15) is 57.8 Å². The molecule has 0 N–H and O–H groups in total. The first kappa shape index (κ1) is 15.3. The van der Waals surface area contributed by atoms with Gasteiger partial charge in [0.15, 0.2) is 0 Å². The molecule has 2 aliphatic rings.